The van der Waals surface area contributed by atoms with E-state index in [0.29, 0.717) is 44.3 Å². The van der Waals surface area contributed by atoms with E-state index in [0.717, 1.165) is 57.9 Å². The van der Waals surface area contributed by atoms with Crippen molar-refractivity contribution in [3.8, 4) is 0 Å². The molecule has 1 fully saturated rings. The van der Waals surface area contributed by atoms with Crippen LogP contribution < -0.4 is 0 Å². The molecule has 0 bridgehead atoms. The van der Waals surface area contributed by atoms with E-state index in [1.807, 2.05) is 36.7 Å². The number of pyridine rings is 1. The first-order valence-corrected chi connectivity index (χ1v) is 13.0. The highest BCUT2D eigenvalue weighted by Crippen LogP contribution is 2.38. The van der Waals surface area contributed by atoms with Gasteiger partial charge in [-0.2, -0.15) is 0 Å². The quantitative estimate of drug-likeness (QED) is 0.510. The minimum atomic E-state index is -0.306. The molecular weight excluding hydrogens is 472 g/mol. The summed E-state index contributed by atoms with van der Waals surface area (Å²) in [5.74, 6) is 0.304. The number of piperazine rings is 1. The van der Waals surface area contributed by atoms with Crippen molar-refractivity contribution >= 4 is 45.8 Å². The van der Waals surface area contributed by atoms with Crippen molar-refractivity contribution in [1.82, 2.24) is 19.8 Å². The molecule has 3 heterocycles. The normalized spacial score (nSPS) is 18.1. The monoisotopic (exact) mass is 498 g/mol. The Morgan fingerprint density at radius 3 is 2.74 bits per heavy atom. The van der Waals surface area contributed by atoms with E-state index < -0.39 is 0 Å². The van der Waals surface area contributed by atoms with Crippen LogP contribution in [0.15, 0.2) is 29.8 Å². The highest BCUT2D eigenvalue weighted by molar-refractivity contribution is 7.09. The van der Waals surface area contributed by atoms with Gasteiger partial charge in [-0.1, -0.05) is 24.6 Å². The van der Waals surface area contributed by atoms with E-state index in [4.69, 9.17) is 21.3 Å². The third kappa shape index (κ3) is 4.49. The zero-order chi connectivity index (χ0) is 23.7. The van der Waals surface area contributed by atoms with Gasteiger partial charge in [0, 0.05) is 60.3 Å². The van der Waals surface area contributed by atoms with Crippen LogP contribution >= 0.6 is 22.9 Å². The first-order valence-electron chi connectivity index (χ1n) is 11.8. The SMILES string of the molecule is CCCOC(=O)N1CCN(C(=O)c2ccc3c(Cl)c4c(nc3c2)CC(c2nccs2)CC4)CC1. The van der Waals surface area contributed by atoms with Gasteiger partial charge >= 0.3 is 6.09 Å². The number of amides is 2. The number of hydrogen-bond donors (Lipinski definition) is 0. The maximum atomic E-state index is 13.2. The van der Waals surface area contributed by atoms with Crippen LogP contribution in [0.2, 0.25) is 5.02 Å². The minimum Gasteiger partial charge on any atom is -0.449 e. The number of ether oxygens (including phenoxy) is 1. The van der Waals surface area contributed by atoms with Gasteiger partial charge in [0.05, 0.1) is 22.2 Å². The fourth-order valence-electron chi connectivity index (χ4n) is 4.72. The highest BCUT2D eigenvalue weighted by atomic mass is 35.5. The highest BCUT2D eigenvalue weighted by Gasteiger charge is 2.28. The molecule has 1 unspecified atom stereocenters. The third-order valence-electron chi connectivity index (χ3n) is 6.59. The Morgan fingerprint density at radius 1 is 1.21 bits per heavy atom. The van der Waals surface area contributed by atoms with Crippen LogP contribution in [0.25, 0.3) is 10.9 Å². The zero-order valence-corrected chi connectivity index (χ0v) is 20.7. The van der Waals surface area contributed by atoms with Crippen molar-refractivity contribution < 1.29 is 14.3 Å². The molecular formula is C25H27ClN4O3S. The number of fused-ring (bicyclic) bond motifs is 2. The molecule has 9 heteroatoms. The predicted octanol–water partition coefficient (Wildman–Crippen LogP) is 4.92. The van der Waals surface area contributed by atoms with Gasteiger partial charge < -0.3 is 14.5 Å². The first kappa shape index (κ1) is 23.1. The number of carbonyl (C=O) groups excluding carboxylic acids is 2. The summed E-state index contributed by atoms with van der Waals surface area (Å²) in [6.07, 6.45) is 5.04. The van der Waals surface area contributed by atoms with Gasteiger partial charge in [0.25, 0.3) is 5.91 Å². The number of nitrogens with zero attached hydrogens (tertiary/aromatic N) is 4. The summed E-state index contributed by atoms with van der Waals surface area (Å²) >= 11 is 8.48. The van der Waals surface area contributed by atoms with Gasteiger partial charge in [-0.05, 0) is 43.4 Å². The molecule has 2 amide bonds. The van der Waals surface area contributed by atoms with Crippen molar-refractivity contribution in [2.45, 2.75) is 38.5 Å². The van der Waals surface area contributed by atoms with Gasteiger partial charge in [0.1, 0.15) is 0 Å². The van der Waals surface area contributed by atoms with E-state index in [2.05, 4.69) is 4.98 Å². The lowest BCUT2D eigenvalue weighted by Gasteiger charge is -2.34. The van der Waals surface area contributed by atoms with Gasteiger partial charge in [-0.3, -0.25) is 9.78 Å². The molecule has 34 heavy (non-hydrogen) atoms. The Morgan fingerprint density at radius 2 is 2.00 bits per heavy atom. The average Bonchev–Trinajstić information content (AvgIpc) is 3.41. The lowest BCUT2D eigenvalue weighted by atomic mass is 9.86. The number of hydrogen-bond acceptors (Lipinski definition) is 6. The van der Waals surface area contributed by atoms with Crippen LogP contribution in [0.3, 0.4) is 0 Å². The number of thiazole rings is 1. The molecule has 1 saturated heterocycles. The number of aromatic nitrogens is 2. The van der Waals surface area contributed by atoms with Crippen molar-refractivity contribution in [3.63, 3.8) is 0 Å². The summed E-state index contributed by atoms with van der Waals surface area (Å²) in [4.78, 5) is 38.1. The van der Waals surface area contributed by atoms with Crippen LogP contribution in [0.5, 0.6) is 0 Å². The molecule has 2 aliphatic rings. The molecule has 0 spiro atoms. The summed E-state index contributed by atoms with van der Waals surface area (Å²) in [5.41, 5.74) is 3.46. The molecule has 2 aromatic heterocycles. The Labute approximate surface area is 207 Å². The molecule has 178 valence electrons. The molecule has 1 aromatic carbocycles. The second kappa shape index (κ2) is 9.88. The minimum absolute atomic E-state index is 0.0558. The number of benzene rings is 1. The van der Waals surface area contributed by atoms with Crippen molar-refractivity contribution in [2.75, 3.05) is 32.8 Å². The summed E-state index contributed by atoms with van der Waals surface area (Å²) in [5, 5.41) is 4.78. The van der Waals surface area contributed by atoms with E-state index in [1.54, 1.807) is 21.1 Å². The topological polar surface area (TPSA) is 75.6 Å². The lowest BCUT2D eigenvalue weighted by molar-refractivity contribution is 0.0560. The smallest absolute Gasteiger partial charge is 0.409 e. The predicted molar refractivity (Wildman–Crippen MR) is 133 cm³/mol. The van der Waals surface area contributed by atoms with Crippen LogP contribution in [0, 0.1) is 0 Å². The first-order chi connectivity index (χ1) is 16.5. The molecule has 1 aliphatic heterocycles. The van der Waals surface area contributed by atoms with Crippen molar-refractivity contribution in [3.05, 3.63) is 56.6 Å². The summed E-state index contributed by atoms with van der Waals surface area (Å²) in [6, 6.07) is 5.58. The largest absolute Gasteiger partial charge is 0.449 e. The molecule has 7 nitrogen and oxygen atoms in total. The average molecular weight is 499 g/mol. The van der Waals surface area contributed by atoms with E-state index in [9.17, 15) is 9.59 Å². The molecule has 3 aromatic rings. The van der Waals surface area contributed by atoms with Gasteiger partial charge in [-0.15, -0.1) is 11.3 Å². The number of rotatable bonds is 4. The Bertz CT molecular complexity index is 1210. The Kier molecular flexibility index (Phi) is 6.70. The lowest BCUT2D eigenvalue weighted by Crippen LogP contribution is -2.50. The van der Waals surface area contributed by atoms with Crippen LogP contribution in [0.1, 0.15) is 52.3 Å². The summed E-state index contributed by atoms with van der Waals surface area (Å²) in [7, 11) is 0. The van der Waals surface area contributed by atoms with E-state index in [1.165, 1.54) is 0 Å². The van der Waals surface area contributed by atoms with E-state index >= 15 is 0 Å². The summed E-state index contributed by atoms with van der Waals surface area (Å²) < 4.78 is 5.21. The van der Waals surface area contributed by atoms with Crippen molar-refractivity contribution in [1.29, 1.82) is 0 Å². The van der Waals surface area contributed by atoms with Gasteiger partial charge in [-0.25, -0.2) is 9.78 Å². The number of carbonyl (C=O) groups is 2. The van der Waals surface area contributed by atoms with Crippen LogP contribution in [0.4, 0.5) is 4.79 Å². The standard InChI is InChI=1S/C25H27ClN4O3S/c1-2-12-33-25(32)30-10-8-29(9-11-30)24(31)17-4-6-19-21(15-17)28-20-14-16(23-27-7-13-34-23)3-5-18(20)22(19)26/h4,6-7,13,15-16H,2-3,5,8-12,14H2,1H3. The fraction of sp³-hybridized carbons (Fsp3) is 0.440. The molecule has 1 atom stereocenters. The second-order valence-corrected chi connectivity index (χ2v) is 10.1. The van der Waals surface area contributed by atoms with Crippen LogP contribution in [-0.4, -0.2) is 64.6 Å². The summed E-state index contributed by atoms with van der Waals surface area (Å²) in [6.45, 7) is 4.27. The fourth-order valence-corrected chi connectivity index (χ4v) is 5.86. The Hall–Kier alpha value is -2.71. The maximum Gasteiger partial charge on any atom is 0.409 e. The third-order valence-corrected chi connectivity index (χ3v) is 7.96. The maximum absolute atomic E-state index is 13.2. The van der Waals surface area contributed by atoms with Crippen molar-refractivity contribution in [2.24, 2.45) is 0 Å². The van der Waals surface area contributed by atoms with E-state index in [-0.39, 0.29) is 12.0 Å². The van der Waals surface area contributed by atoms with Gasteiger partial charge in [0.2, 0.25) is 0 Å². The Balaban J connectivity index is 1.33. The number of halogens is 1. The zero-order valence-electron chi connectivity index (χ0n) is 19.1. The van der Waals surface area contributed by atoms with Crippen LogP contribution in [-0.2, 0) is 17.6 Å². The molecule has 5 rings (SSSR count). The molecule has 0 radical (unpaired) electrons. The second-order valence-electron chi connectivity index (χ2n) is 8.79. The molecule has 1 aliphatic carbocycles. The van der Waals surface area contributed by atoms with Gasteiger partial charge in [0.15, 0.2) is 0 Å². The molecule has 0 saturated carbocycles. The molecule has 0 N–H and O–H groups in total.